The van der Waals surface area contributed by atoms with E-state index in [0.29, 0.717) is 0 Å². The SMILES string of the molecule is OC[C@H]1OC(OF)[C@H](O)[C@@H](O)[C@H]1O. The van der Waals surface area contributed by atoms with Gasteiger partial charge in [-0.05, 0) is 4.53 Å². The Hall–Kier alpha value is -0.310. The van der Waals surface area contributed by atoms with Gasteiger partial charge in [0.15, 0.2) is 0 Å². The van der Waals surface area contributed by atoms with Crippen LogP contribution in [0.2, 0.25) is 0 Å². The molecule has 7 heteroatoms. The van der Waals surface area contributed by atoms with Crippen molar-refractivity contribution in [1.82, 2.24) is 0 Å². The summed E-state index contributed by atoms with van der Waals surface area (Å²) in [7, 11) is 0. The number of hydrogen-bond acceptors (Lipinski definition) is 6. The third-order valence-corrected chi connectivity index (χ3v) is 1.94. The smallest absolute Gasteiger partial charge is 0.225 e. The molecule has 0 bridgehead atoms. The summed E-state index contributed by atoms with van der Waals surface area (Å²) in [6, 6.07) is 0. The number of hydrogen-bond donors (Lipinski definition) is 4. The van der Waals surface area contributed by atoms with E-state index in [2.05, 4.69) is 9.68 Å². The highest BCUT2D eigenvalue weighted by molar-refractivity contribution is 4.88. The average molecular weight is 198 g/mol. The monoisotopic (exact) mass is 198 g/mol. The fraction of sp³-hybridized carbons (Fsp3) is 1.00. The van der Waals surface area contributed by atoms with E-state index in [-0.39, 0.29) is 0 Å². The molecule has 1 saturated heterocycles. The van der Waals surface area contributed by atoms with Gasteiger partial charge in [-0.2, -0.15) is 4.94 Å². The van der Waals surface area contributed by atoms with Crippen molar-refractivity contribution < 1.29 is 34.6 Å². The standard InChI is InChI=1S/C6H11FO6/c7-13-6-5(11)4(10)3(9)2(1-8)12-6/h2-6,8-11H,1H2/t2-,3+,4+,5-,6?/m1/s1. The first-order valence-corrected chi connectivity index (χ1v) is 3.69. The van der Waals surface area contributed by atoms with Crippen molar-refractivity contribution in [2.75, 3.05) is 6.61 Å². The van der Waals surface area contributed by atoms with E-state index < -0.39 is 37.3 Å². The minimum Gasteiger partial charge on any atom is -0.394 e. The molecule has 1 unspecified atom stereocenters. The van der Waals surface area contributed by atoms with E-state index in [1.54, 1.807) is 0 Å². The Labute approximate surface area is 73.0 Å². The second-order valence-electron chi connectivity index (χ2n) is 2.79. The number of rotatable bonds is 2. The van der Waals surface area contributed by atoms with Crippen LogP contribution in [-0.2, 0) is 9.68 Å². The van der Waals surface area contributed by atoms with E-state index in [1.165, 1.54) is 0 Å². The molecular weight excluding hydrogens is 187 g/mol. The lowest BCUT2D eigenvalue weighted by Gasteiger charge is -2.37. The summed E-state index contributed by atoms with van der Waals surface area (Å²) in [6.07, 6.45) is -7.60. The highest BCUT2D eigenvalue weighted by Gasteiger charge is 2.44. The maximum atomic E-state index is 11.7. The average Bonchev–Trinajstić information content (AvgIpc) is 2.15. The Bertz CT molecular complexity index is 147. The minimum absolute atomic E-state index is 0.606. The summed E-state index contributed by atoms with van der Waals surface area (Å²) in [5.74, 6) is 0. The van der Waals surface area contributed by atoms with Crippen molar-refractivity contribution in [2.24, 2.45) is 0 Å². The lowest BCUT2D eigenvalue weighted by atomic mass is 9.99. The fourth-order valence-electron chi connectivity index (χ4n) is 1.14. The van der Waals surface area contributed by atoms with Crippen molar-refractivity contribution in [1.29, 1.82) is 0 Å². The molecular formula is C6H11FO6. The second kappa shape index (κ2) is 4.27. The highest BCUT2D eigenvalue weighted by Crippen LogP contribution is 2.21. The van der Waals surface area contributed by atoms with E-state index in [0.717, 1.165) is 0 Å². The van der Waals surface area contributed by atoms with Gasteiger partial charge in [-0.25, -0.2) is 0 Å². The van der Waals surface area contributed by atoms with E-state index in [1.807, 2.05) is 0 Å². The van der Waals surface area contributed by atoms with Gasteiger partial charge in [0.1, 0.15) is 24.4 Å². The number of aliphatic hydroxyl groups excluding tert-OH is 4. The molecule has 0 amide bonds. The van der Waals surface area contributed by atoms with Crippen molar-refractivity contribution in [3.8, 4) is 0 Å². The molecule has 1 aliphatic heterocycles. The Morgan fingerprint density at radius 2 is 1.77 bits per heavy atom. The minimum atomic E-state index is -1.68. The van der Waals surface area contributed by atoms with Crippen LogP contribution in [-0.4, -0.2) is 57.7 Å². The van der Waals surface area contributed by atoms with E-state index >= 15 is 0 Å². The van der Waals surface area contributed by atoms with Gasteiger partial charge in [0.25, 0.3) is 0 Å². The first-order valence-electron chi connectivity index (χ1n) is 3.69. The van der Waals surface area contributed by atoms with E-state index in [9.17, 15) is 4.53 Å². The van der Waals surface area contributed by atoms with Crippen LogP contribution >= 0.6 is 0 Å². The van der Waals surface area contributed by atoms with Gasteiger partial charge >= 0.3 is 0 Å². The second-order valence-corrected chi connectivity index (χ2v) is 2.79. The number of halogens is 1. The lowest BCUT2D eigenvalue weighted by Crippen LogP contribution is -2.58. The van der Waals surface area contributed by atoms with Gasteiger partial charge in [0.2, 0.25) is 6.29 Å². The zero-order valence-corrected chi connectivity index (χ0v) is 6.58. The molecule has 1 rings (SSSR count). The van der Waals surface area contributed by atoms with Crippen LogP contribution in [0.5, 0.6) is 0 Å². The molecule has 0 saturated carbocycles. The Morgan fingerprint density at radius 3 is 2.23 bits per heavy atom. The molecule has 0 spiro atoms. The zero-order valence-electron chi connectivity index (χ0n) is 6.58. The van der Waals surface area contributed by atoms with Crippen LogP contribution in [0.1, 0.15) is 0 Å². The van der Waals surface area contributed by atoms with Crippen LogP contribution in [0, 0.1) is 0 Å². The molecule has 13 heavy (non-hydrogen) atoms. The third kappa shape index (κ3) is 1.96. The molecule has 1 heterocycles. The first kappa shape index (κ1) is 10.8. The topological polar surface area (TPSA) is 99.4 Å². The van der Waals surface area contributed by atoms with Crippen molar-refractivity contribution in [2.45, 2.75) is 30.7 Å². The Kier molecular flexibility index (Phi) is 3.54. The van der Waals surface area contributed by atoms with Crippen LogP contribution in [0.4, 0.5) is 4.53 Å². The molecule has 0 aliphatic carbocycles. The molecule has 4 N–H and O–H groups in total. The summed E-state index contributed by atoms with van der Waals surface area (Å²) in [5.41, 5.74) is 0. The summed E-state index contributed by atoms with van der Waals surface area (Å²) in [5, 5.41) is 35.9. The van der Waals surface area contributed by atoms with Gasteiger partial charge in [0, 0.05) is 0 Å². The maximum Gasteiger partial charge on any atom is 0.225 e. The lowest BCUT2D eigenvalue weighted by molar-refractivity contribution is -0.361. The number of aliphatic hydroxyl groups is 4. The quantitative estimate of drug-likeness (QED) is 0.398. The van der Waals surface area contributed by atoms with Crippen molar-refractivity contribution >= 4 is 0 Å². The van der Waals surface area contributed by atoms with Crippen LogP contribution < -0.4 is 0 Å². The predicted molar refractivity (Wildman–Crippen MR) is 36.0 cm³/mol. The molecule has 1 fully saturated rings. The number of ether oxygens (including phenoxy) is 1. The molecule has 0 aromatic carbocycles. The zero-order chi connectivity index (χ0) is 10.0. The van der Waals surface area contributed by atoms with Gasteiger partial charge in [-0.3, -0.25) is 0 Å². The fourth-order valence-corrected chi connectivity index (χ4v) is 1.14. The Balaban J connectivity index is 2.66. The van der Waals surface area contributed by atoms with Gasteiger partial charge in [0.05, 0.1) is 6.61 Å². The predicted octanol–water partition coefficient (Wildman–Crippen LogP) is -2.31. The van der Waals surface area contributed by atoms with Crippen LogP contribution in [0.3, 0.4) is 0 Å². The van der Waals surface area contributed by atoms with Crippen LogP contribution in [0.15, 0.2) is 0 Å². The van der Waals surface area contributed by atoms with Crippen LogP contribution in [0.25, 0.3) is 0 Å². The van der Waals surface area contributed by atoms with Crippen molar-refractivity contribution in [3.63, 3.8) is 0 Å². The molecule has 6 nitrogen and oxygen atoms in total. The normalized spacial score (nSPS) is 46.4. The van der Waals surface area contributed by atoms with E-state index in [4.69, 9.17) is 20.4 Å². The molecule has 78 valence electrons. The molecule has 0 radical (unpaired) electrons. The van der Waals surface area contributed by atoms with Gasteiger partial charge < -0.3 is 25.2 Å². The maximum absolute atomic E-state index is 11.7. The summed E-state index contributed by atoms with van der Waals surface area (Å²) in [4.78, 5) is 3.20. The van der Waals surface area contributed by atoms with Crippen molar-refractivity contribution in [3.05, 3.63) is 0 Å². The third-order valence-electron chi connectivity index (χ3n) is 1.94. The van der Waals surface area contributed by atoms with Gasteiger partial charge in [-0.15, -0.1) is 0 Å². The summed E-state index contributed by atoms with van der Waals surface area (Å²) < 4.78 is 16.3. The molecule has 0 aromatic rings. The Morgan fingerprint density at radius 1 is 1.15 bits per heavy atom. The molecule has 0 aromatic heterocycles. The highest BCUT2D eigenvalue weighted by atomic mass is 19.3. The summed E-state index contributed by atoms with van der Waals surface area (Å²) in [6.45, 7) is -0.606. The first-order chi connectivity index (χ1) is 6.11. The molecule has 5 atom stereocenters. The largest absolute Gasteiger partial charge is 0.394 e. The summed E-state index contributed by atoms with van der Waals surface area (Å²) >= 11 is 0. The van der Waals surface area contributed by atoms with Gasteiger partial charge in [-0.1, -0.05) is 0 Å². The molecule has 1 aliphatic rings.